The van der Waals surface area contributed by atoms with Crippen molar-refractivity contribution in [3.05, 3.63) is 83.4 Å². The van der Waals surface area contributed by atoms with Gasteiger partial charge in [0.1, 0.15) is 0 Å². The summed E-state index contributed by atoms with van der Waals surface area (Å²) in [5.74, 6) is -5.15. The number of nitrogens with one attached hydrogen (secondary N) is 1. The van der Waals surface area contributed by atoms with Crippen LogP contribution in [0.3, 0.4) is 0 Å². The molecule has 126 valence electrons. The molecule has 3 nitrogen and oxygen atoms in total. The van der Waals surface area contributed by atoms with E-state index in [-0.39, 0.29) is 5.56 Å². The Hall–Kier alpha value is -3.15. The maximum absolute atomic E-state index is 13.3. The van der Waals surface area contributed by atoms with Crippen LogP contribution in [0.4, 0.5) is 18.9 Å². The van der Waals surface area contributed by atoms with E-state index in [2.05, 4.69) is 10.3 Å². The average molecular weight is 342 g/mol. The summed E-state index contributed by atoms with van der Waals surface area (Å²) in [6.07, 6.45) is 3.30. The van der Waals surface area contributed by atoms with E-state index in [0.29, 0.717) is 17.8 Å². The van der Waals surface area contributed by atoms with Gasteiger partial charge < -0.3 is 5.32 Å². The molecule has 6 heteroatoms. The van der Waals surface area contributed by atoms with E-state index < -0.39 is 23.4 Å². The standard InChI is InChI=1S/C19H13F3N2O/c1-11-2-3-13(12-4-6-23-7-5-12)10-17(11)24-19(25)14-8-15(20)18(22)16(21)9-14/h2-10H,1H3,(H,24,25). The van der Waals surface area contributed by atoms with E-state index in [4.69, 9.17) is 0 Å². The van der Waals surface area contributed by atoms with Gasteiger partial charge in [-0.3, -0.25) is 9.78 Å². The molecular formula is C19H13F3N2O. The summed E-state index contributed by atoms with van der Waals surface area (Å²) < 4.78 is 39.6. The molecule has 25 heavy (non-hydrogen) atoms. The lowest BCUT2D eigenvalue weighted by Crippen LogP contribution is -2.14. The number of halogens is 3. The number of aromatic nitrogens is 1. The molecule has 0 spiro atoms. The van der Waals surface area contributed by atoms with E-state index in [1.54, 1.807) is 25.4 Å². The fraction of sp³-hybridized carbons (Fsp3) is 0.0526. The number of benzene rings is 2. The van der Waals surface area contributed by atoms with Gasteiger partial charge >= 0.3 is 0 Å². The molecule has 3 rings (SSSR count). The van der Waals surface area contributed by atoms with Gasteiger partial charge in [-0.05, 0) is 53.9 Å². The van der Waals surface area contributed by atoms with Crippen molar-refractivity contribution in [1.29, 1.82) is 0 Å². The molecule has 2 aromatic carbocycles. The molecule has 0 radical (unpaired) electrons. The number of carbonyl (C=O) groups excluding carboxylic acids is 1. The zero-order valence-electron chi connectivity index (χ0n) is 13.2. The summed E-state index contributed by atoms with van der Waals surface area (Å²) in [4.78, 5) is 16.2. The van der Waals surface area contributed by atoms with Crippen molar-refractivity contribution in [3.8, 4) is 11.1 Å². The molecule has 0 aliphatic carbocycles. The maximum Gasteiger partial charge on any atom is 0.255 e. The second-order valence-corrected chi connectivity index (χ2v) is 5.47. The third-order valence-corrected chi connectivity index (χ3v) is 3.75. The zero-order valence-corrected chi connectivity index (χ0v) is 13.2. The van der Waals surface area contributed by atoms with E-state index in [9.17, 15) is 18.0 Å². The van der Waals surface area contributed by atoms with Crippen LogP contribution in [0.2, 0.25) is 0 Å². The lowest BCUT2D eigenvalue weighted by Gasteiger charge is -2.11. The summed E-state index contributed by atoms with van der Waals surface area (Å²) in [6.45, 7) is 1.79. The number of amides is 1. The Morgan fingerprint density at radius 1 is 0.920 bits per heavy atom. The molecule has 0 unspecified atom stereocenters. The molecular weight excluding hydrogens is 329 g/mol. The quantitative estimate of drug-likeness (QED) is 0.700. The van der Waals surface area contributed by atoms with Gasteiger partial charge in [0.05, 0.1) is 0 Å². The number of pyridine rings is 1. The minimum Gasteiger partial charge on any atom is -0.322 e. The third kappa shape index (κ3) is 3.52. The molecule has 0 bridgehead atoms. The Morgan fingerprint density at radius 2 is 1.56 bits per heavy atom. The summed E-state index contributed by atoms with van der Waals surface area (Å²) in [7, 11) is 0. The van der Waals surface area contributed by atoms with Crippen molar-refractivity contribution in [2.75, 3.05) is 5.32 Å². The molecule has 0 fully saturated rings. The minimum absolute atomic E-state index is 0.301. The molecule has 0 aliphatic rings. The Balaban J connectivity index is 1.91. The monoisotopic (exact) mass is 342 g/mol. The highest BCUT2D eigenvalue weighted by molar-refractivity contribution is 6.05. The van der Waals surface area contributed by atoms with E-state index in [1.807, 2.05) is 24.3 Å². The van der Waals surface area contributed by atoms with Crippen LogP contribution in [0, 0.1) is 24.4 Å². The first-order valence-electron chi connectivity index (χ1n) is 7.42. The molecule has 3 aromatic rings. The van der Waals surface area contributed by atoms with Crippen LogP contribution < -0.4 is 5.32 Å². The van der Waals surface area contributed by atoms with Crippen molar-refractivity contribution in [3.63, 3.8) is 0 Å². The Kier molecular flexibility index (Phi) is 4.52. The number of hydrogen-bond acceptors (Lipinski definition) is 2. The molecule has 0 atom stereocenters. The van der Waals surface area contributed by atoms with Gasteiger partial charge in [-0.1, -0.05) is 12.1 Å². The predicted octanol–water partition coefficient (Wildman–Crippen LogP) is 4.73. The zero-order chi connectivity index (χ0) is 18.0. The summed E-state index contributed by atoms with van der Waals surface area (Å²) >= 11 is 0. The molecule has 0 saturated carbocycles. The van der Waals surface area contributed by atoms with Gasteiger partial charge in [0, 0.05) is 23.6 Å². The third-order valence-electron chi connectivity index (χ3n) is 3.75. The maximum atomic E-state index is 13.3. The van der Waals surface area contributed by atoms with E-state index in [0.717, 1.165) is 16.7 Å². The smallest absolute Gasteiger partial charge is 0.255 e. The van der Waals surface area contributed by atoms with Crippen LogP contribution in [-0.4, -0.2) is 10.9 Å². The molecule has 1 amide bonds. The van der Waals surface area contributed by atoms with Crippen LogP contribution in [-0.2, 0) is 0 Å². The lowest BCUT2D eigenvalue weighted by molar-refractivity contribution is 0.102. The second kappa shape index (κ2) is 6.76. The fourth-order valence-corrected chi connectivity index (χ4v) is 2.36. The molecule has 1 aromatic heterocycles. The van der Waals surface area contributed by atoms with Crippen LogP contribution in [0.15, 0.2) is 54.9 Å². The van der Waals surface area contributed by atoms with Crippen molar-refractivity contribution < 1.29 is 18.0 Å². The first-order chi connectivity index (χ1) is 12.0. The van der Waals surface area contributed by atoms with Gasteiger partial charge in [-0.2, -0.15) is 0 Å². The molecule has 0 saturated heterocycles. The summed E-state index contributed by atoms with van der Waals surface area (Å²) in [6, 6.07) is 10.4. The SMILES string of the molecule is Cc1ccc(-c2ccncc2)cc1NC(=O)c1cc(F)c(F)c(F)c1. The number of carbonyl (C=O) groups is 1. The van der Waals surface area contributed by atoms with Crippen LogP contribution >= 0.6 is 0 Å². The number of nitrogens with zero attached hydrogens (tertiary/aromatic N) is 1. The van der Waals surface area contributed by atoms with Crippen molar-refractivity contribution >= 4 is 11.6 Å². The van der Waals surface area contributed by atoms with Crippen LogP contribution in [0.5, 0.6) is 0 Å². The molecule has 1 heterocycles. The first kappa shape index (κ1) is 16.7. The van der Waals surface area contributed by atoms with Crippen LogP contribution in [0.25, 0.3) is 11.1 Å². The largest absolute Gasteiger partial charge is 0.322 e. The topological polar surface area (TPSA) is 42.0 Å². The van der Waals surface area contributed by atoms with Crippen LogP contribution in [0.1, 0.15) is 15.9 Å². The number of anilines is 1. The van der Waals surface area contributed by atoms with Gasteiger partial charge in [-0.15, -0.1) is 0 Å². The van der Waals surface area contributed by atoms with Gasteiger partial charge in [-0.25, -0.2) is 13.2 Å². The highest BCUT2D eigenvalue weighted by Crippen LogP contribution is 2.25. The van der Waals surface area contributed by atoms with Gasteiger partial charge in [0.15, 0.2) is 17.5 Å². The van der Waals surface area contributed by atoms with Crippen molar-refractivity contribution in [1.82, 2.24) is 4.98 Å². The van der Waals surface area contributed by atoms with Crippen molar-refractivity contribution in [2.24, 2.45) is 0 Å². The second-order valence-electron chi connectivity index (χ2n) is 5.47. The van der Waals surface area contributed by atoms with E-state index >= 15 is 0 Å². The highest BCUT2D eigenvalue weighted by Gasteiger charge is 2.16. The summed E-state index contributed by atoms with van der Waals surface area (Å²) in [5.41, 5.74) is 2.72. The molecule has 0 aliphatic heterocycles. The summed E-state index contributed by atoms with van der Waals surface area (Å²) in [5, 5.41) is 2.60. The Labute approximate surface area is 142 Å². The lowest BCUT2D eigenvalue weighted by atomic mass is 10.0. The molecule has 1 N–H and O–H groups in total. The van der Waals surface area contributed by atoms with Gasteiger partial charge in [0.2, 0.25) is 0 Å². The predicted molar refractivity (Wildman–Crippen MR) is 88.7 cm³/mol. The number of aryl methyl sites for hydroxylation is 1. The normalized spacial score (nSPS) is 10.6. The number of rotatable bonds is 3. The van der Waals surface area contributed by atoms with E-state index in [1.165, 1.54) is 0 Å². The average Bonchev–Trinajstić information content (AvgIpc) is 2.61. The highest BCUT2D eigenvalue weighted by atomic mass is 19.2. The fourth-order valence-electron chi connectivity index (χ4n) is 2.36. The van der Waals surface area contributed by atoms with Crippen molar-refractivity contribution in [2.45, 2.75) is 6.92 Å². The first-order valence-corrected chi connectivity index (χ1v) is 7.42. The number of hydrogen-bond donors (Lipinski definition) is 1. The Morgan fingerprint density at radius 3 is 2.20 bits per heavy atom. The van der Waals surface area contributed by atoms with Gasteiger partial charge in [0.25, 0.3) is 5.91 Å². The minimum atomic E-state index is -1.60. The Bertz CT molecular complexity index is 920.